The fraction of sp³-hybridized carbons (Fsp3) is 0.400. The molecule has 0 saturated carbocycles. The third kappa shape index (κ3) is 1.42. The standard InChI is InChI=1S/C10H10/c1-8(2)10-6-4-9(3)5-7-10/h8H,1-3H3. The maximum absolute atomic E-state index is 3.02. The van der Waals surface area contributed by atoms with E-state index in [1.54, 1.807) is 0 Å². The molecule has 0 saturated heterocycles. The molecule has 0 aromatic heterocycles. The lowest BCUT2D eigenvalue weighted by Crippen LogP contribution is -1.90. The Morgan fingerprint density at radius 2 is 1.80 bits per heavy atom. The van der Waals surface area contributed by atoms with E-state index in [0.29, 0.717) is 5.92 Å². The Kier molecular flexibility index (Phi) is 1.83. The molecule has 0 N–H and O–H groups in total. The second-order valence-electron chi connectivity index (χ2n) is 2.69. The van der Waals surface area contributed by atoms with Gasteiger partial charge in [-0.3, -0.25) is 0 Å². The first-order chi connectivity index (χ1) is 4.70. The van der Waals surface area contributed by atoms with Crippen molar-refractivity contribution in [2.75, 3.05) is 0 Å². The van der Waals surface area contributed by atoms with Gasteiger partial charge in [0, 0.05) is 5.57 Å². The zero-order chi connectivity index (χ0) is 7.56. The smallest absolute Gasteiger partial charge is 0.0551 e. The summed E-state index contributed by atoms with van der Waals surface area (Å²) in [6.45, 7) is 6.16. The summed E-state index contributed by atoms with van der Waals surface area (Å²) in [6, 6.07) is 0. The molecule has 0 spiro atoms. The van der Waals surface area contributed by atoms with Crippen LogP contribution in [0.1, 0.15) is 20.8 Å². The zero-order valence-electron chi connectivity index (χ0n) is 6.58. The summed E-state index contributed by atoms with van der Waals surface area (Å²) in [6.07, 6.45) is 0. The molecule has 0 amide bonds. The molecule has 0 heterocycles. The van der Waals surface area contributed by atoms with Gasteiger partial charge >= 0.3 is 0 Å². The van der Waals surface area contributed by atoms with Gasteiger partial charge in [0.25, 0.3) is 0 Å². The number of allylic oxidation sites excluding steroid dienone is 2. The van der Waals surface area contributed by atoms with Crippen molar-refractivity contribution < 1.29 is 0 Å². The Hall–Kier alpha value is -1.14. The summed E-state index contributed by atoms with van der Waals surface area (Å²) in [4.78, 5) is 0. The minimum atomic E-state index is 0.480. The van der Waals surface area contributed by atoms with Crippen molar-refractivity contribution in [3.05, 3.63) is 22.6 Å². The van der Waals surface area contributed by atoms with E-state index in [9.17, 15) is 0 Å². The summed E-state index contributed by atoms with van der Waals surface area (Å²) in [7, 11) is 0. The molecule has 50 valence electrons. The van der Waals surface area contributed by atoms with Crippen LogP contribution in [0.3, 0.4) is 0 Å². The molecule has 10 heavy (non-hydrogen) atoms. The average Bonchev–Trinajstić information content (AvgIpc) is 1.88. The summed E-state index contributed by atoms with van der Waals surface area (Å²) < 4.78 is 0. The predicted molar refractivity (Wildman–Crippen MR) is 42.3 cm³/mol. The van der Waals surface area contributed by atoms with Gasteiger partial charge in [-0.2, -0.15) is 0 Å². The van der Waals surface area contributed by atoms with E-state index >= 15 is 0 Å². The lowest BCUT2D eigenvalue weighted by atomic mass is 10.0. The minimum absolute atomic E-state index is 0.480. The molecular formula is C10H10. The van der Waals surface area contributed by atoms with Gasteiger partial charge in [-0.1, -0.05) is 37.2 Å². The van der Waals surface area contributed by atoms with Gasteiger partial charge in [0.2, 0.25) is 0 Å². The maximum atomic E-state index is 3.02. The molecule has 0 aromatic rings. The first-order valence-electron chi connectivity index (χ1n) is 3.44. The van der Waals surface area contributed by atoms with E-state index in [1.165, 1.54) is 0 Å². The first-order valence-corrected chi connectivity index (χ1v) is 3.44. The maximum Gasteiger partial charge on any atom is 0.0551 e. The highest BCUT2D eigenvalue weighted by Crippen LogP contribution is 2.07. The molecule has 0 bridgehead atoms. The van der Waals surface area contributed by atoms with Crippen LogP contribution < -0.4 is 0 Å². The second-order valence-corrected chi connectivity index (χ2v) is 2.69. The molecule has 0 atom stereocenters. The van der Waals surface area contributed by atoms with Crippen molar-refractivity contribution in [1.29, 1.82) is 0 Å². The summed E-state index contributed by atoms with van der Waals surface area (Å²) in [5.74, 6) is 6.47. The molecule has 1 aliphatic carbocycles. The van der Waals surface area contributed by atoms with E-state index in [2.05, 4.69) is 37.2 Å². The van der Waals surface area contributed by atoms with Crippen molar-refractivity contribution in [2.45, 2.75) is 20.8 Å². The van der Waals surface area contributed by atoms with Crippen molar-refractivity contribution in [3.8, 4) is 11.8 Å². The molecule has 0 aliphatic heterocycles. The fourth-order valence-electron chi connectivity index (χ4n) is 0.673. The van der Waals surface area contributed by atoms with Gasteiger partial charge in [0.1, 0.15) is 0 Å². The topological polar surface area (TPSA) is 0 Å². The van der Waals surface area contributed by atoms with Gasteiger partial charge in [0.15, 0.2) is 0 Å². The Bertz CT molecular complexity index is 293. The van der Waals surface area contributed by atoms with Crippen molar-refractivity contribution in [2.24, 2.45) is 5.92 Å². The zero-order valence-corrected chi connectivity index (χ0v) is 6.58. The summed E-state index contributed by atoms with van der Waals surface area (Å²) in [5, 5.41) is 0. The Morgan fingerprint density at radius 3 is 2.20 bits per heavy atom. The molecule has 1 rings (SSSR count). The van der Waals surface area contributed by atoms with Crippen molar-refractivity contribution in [3.63, 3.8) is 0 Å². The van der Waals surface area contributed by atoms with Crippen molar-refractivity contribution >= 4 is 0 Å². The van der Waals surface area contributed by atoms with Crippen LogP contribution in [0.5, 0.6) is 0 Å². The SMILES string of the molecule is CC1=C=C=C(C(C)C)C#C1. The van der Waals surface area contributed by atoms with E-state index < -0.39 is 0 Å². The third-order valence-corrected chi connectivity index (χ3v) is 1.35. The highest BCUT2D eigenvalue weighted by Gasteiger charge is 1.98. The van der Waals surface area contributed by atoms with Crippen LogP contribution in [0, 0.1) is 17.8 Å². The van der Waals surface area contributed by atoms with Crippen LogP contribution in [-0.4, -0.2) is 0 Å². The molecule has 1 aliphatic rings. The van der Waals surface area contributed by atoms with E-state index in [0.717, 1.165) is 11.1 Å². The van der Waals surface area contributed by atoms with Crippen molar-refractivity contribution in [1.82, 2.24) is 0 Å². The lowest BCUT2D eigenvalue weighted by Gasteiger charge is -1.99. The monoisotopic (exact) mass is 130 g/mol. The van der Waals surface area contributed by atoms with Gasteiger partial charge in [-0.15, -0.1) is 0 Å². The highest BCUT2D eigenvalue weighted by atomic mass is 14.0. The van der Waals surface area contributed by atoms with Gasteiger partial charge in [-0.25, -0.2) is 0 Å². The minimum Gasteiger partial charge on any atom is -0.0574 e. The van der Waals surface area contributed by atoms with Crippen LogP contribution in [0.2, 0.25) is 0 Å². The normalized spacial score (nSPS) is 14.0. The van der Waals surface area contributed by atoms with E-state index in [4.69, 9.17) is 0 Å². The van der Waals surface area contributed by atoms with Crippen LogP contribution in [-0.2, 0) is 0 Å². The van der Waals surface area contributed by atoms with E-state index in [1.807, 2.05) is 6.92 Å². The number of hydrogen-bond donors (Lipinski definition) is 0. The largest absolute Gasteiger partial charge is 0.0574 e. The molecule has 0 radical (unpaired) electrons. The van der Waals surface area contributed by atoms with Crippen LogP contribution in [0.15, 0.2) is 22.6 Å². The highest BCUT2D eigenvalue weighted by molar-refractivity contribution is 5.41. The van der Waals surface area contributed by atoms with Gasteiger partial charge in [0.05, 0.1) is 5.57 Å². The fourth-order valence-corrected chi connectivity index (χ4v) is 0.673. The number of rotatable bonds is 1. The quantitative estimate of drug-likeness (QED) is 0.377. The Labute approximate surface area is 61.9 Å². The Balaban J connectivity index is 3.09. The summed E-state index contributed by atoms with van der Waals surface area (Å²) in [5.41, 5.74) is 8.03. The lowest BCUT2D eigenvalue weighted by molar-refractivity contribution is 0.800. The Morgan fingerprint density at radius 1 is 1.10 bits per heavy atom. The number of hydrogen-bond acceptors (Lipinski definition) is 0. The van der Waals surface area contributed by atoms with Crippen LogP contribution in [0.25, 0.3) is 0 Å². The average molecular weight is 130 g/mol. The summed E-state index contributed by atoms with van der Waals surface area (Å²) >= 11 is 0. The molecule has 0 aromatic carbocycles. The van der Waals surface area contributed by atoms with Gasteiger partial charge in [-0.05, 0) is 12.8 Å². The molecule has 0 heteroatoms. The first kappa shape index (κ1) is 6.97. The predicted octanol–water partition coefficient (Wildman–Crippen LogP) is 2.29. The van der Waals surface area contributed by atoms with Crippen LogP contribution in [0.4, 0.5) is 0 Å². The second kappa shape index (κ2) is 2.63. The molecule has 0 fully saturated rings. The molecule has 0 unspecified atom stereocenters. The van der Waals surface area contributed by atoms with Gasteiger partial charge < -0.3 is 0 Å². The van der Waals surface area contributed by atoms with Crippen LogP contribution >= 0.6 is 0 Å². The molecule has 0 nitrogen and oxygen atoms in total. The third-order valence-electron chi connectivity index (χ3n) is 1.35. The molecular weight excluding hydrogens is 120 g/mol. The van der Waals surface area contributed by atoms with E-state index in [-0.39, 0.29) is 0 Å².